The van der Waals surface area contributed by atoms with Gasteiger partial charge in [0.15, 0.2) is 9.84 Å². The number of fused-ring (bicyclic) bond motifs is 4. The van der Waals surface area contributed by atoms with E-state index in [4.69, 9.17) is 10.5 Å². The summed E-state index contributed by atoms with van der Waals surface area (Å²) in [6.45, 7) is 9.48. The van der Waals surface area contributed by atoms with E-state index < -0.39 is 9.84 Å². The molecule has 2 bridgehead atoms. The lowest BCUT2D eigenvalue weighted by Gasteiger charge is -2.48. The number of nitrogens with two attached hydrogens (primary N) is 1. The van der Waals surface area contributed by atoms with Crippen LogP contribution in [0, 0.1) is 11.3 Å². The minimum Gasteiger partial charge on any atom is -0.494 e. The first-order chi connectivity index (χ1) is 16.1. The summed E-state index contributed by atoms with van der Waals surface area (Å²) in [7, 11) is -3.42. The fourth-order valence-corrected chi connectivity index (χ4v) is 6.54. The molecule has 3 fully saturated rings. The first-order valence-electron chi connectivity index (χ1n) is 12.0. The van der Waals surface area contributed by atoms with Gasteiger partial charge in [0.2, 0.25) is 0 Å². The summed E-state index contributed by atoms with van der Waals surface area (Å²) in [5.41, 5.74) is 7.13. The third-order valence-corrected chi connectivity index (χ3v) is 8.80. The van der Waals surface area contributed by atoms with E-state index in [9.17, 15) is 13.2 Å². The maximum Gasteiger partial charge on any atom is 0.253 e. The Labute approximate surface area is 202 Å². The maximum atomic E-state index is 13.5. The molecule has 2 atom stereocenters. The molecule has 3 aliphatic heterocycles. The summed E-state index contributed by atoms with van der Waals surface area (Å²) in [6.07, 6.45) is 1.06. The van der Waals surface area contributed by atoms with Gasteiger partial charge in [0, 0.05) is 37.4 Å². The second-order valence-electron chi connectivity index (χ2n) is 10.00. The van der Waals surface area contributed by atoms with Crippen LogP contribution in [0.2, 0.25) is 0 Å². The zero-order valence-corrected chi connectivity index (χ0v) is 21.1. The Kier molecular flexibility index (Phi) is 6.92. The van der Waals surface area contributed by atoms with E-state index in [-0.39, 0.29) is 34.6 Å². The van der Waals surface area contributed by atoms with Crippen LogP contribution in [0.15, 0.2) is 53.4 Å². The smallest absolute Gasteiger partial charge is 0.253 e. The van der Waals surface area contributed by atoms with Crippen molar-refractivity contribution in [3.05, 3.63) is 54.1 Å². The van der Waals surface area contributed by atoms with Gasteiger partial charge in [-0.2, -0.15) is 0 Å². The third kappa shape index (κ3) is 4.93. The van der Waals surface area contributed by atoms with Gasteiger partial charge in [-0.3, -0.25) is 4.79 Å². The molecule has 0 spiro atoms. The molecule has 8 heteroatoms. The molecule has 0 aromatic heterocycles. The topological polar surface area (TPSA) is 92.9 Å². The molecule has 184 valence electrons. The van der Waals surface area contributed by atoms with E-state index in [1.807, 2.05) is 24.0 Å². The highest BCUT2D eigenvalue weighted by molar-refractivity contribution is 7.91. The molecule has 0 radical (unpaired) electrons. The fourth-order valence-electron chi connectivity index (χ4n) is 5.45. The number of sulfone groups is 1. The lowest BCUT2D eigenvalue weighted by molar-refractivity contribution is 0.0746. The zero-order chi connectivity index (χ0) is 24.5. The summed E-state index contributed by atoms with van der Waals surface area (Å²) >= 11 is 0. The number of nitrogens with zero attached hydrogens (tertiary/aromatic N) is 2. The van der Waals surface area contributed by atoms with Crippen LogP contribution in [0.3, 0.4) is 0 Å². The van der Waals surface area contributed by atoms with E-state index in [1.54, 1.807) is 12.1 Å². The quantitative estimate of drug-likeness (QED) is 0.648. The van der Waals surface area contributed by atoms with Crippen molar-refractivity contribution < 1.29 is 17.9 Å². The summed E-state index contributed by atoms with van der Waals surface area (Å²) in [4.78, 5) is 18.0. The van der Waals surface area contributed by atoms with Crippen LogP contribution in [-0.2, 0) is 9.84 Å². The molecule has 3 heterocycles. The fraction of sp³-hybridized carbons (Fsp3) is 0.500. The van der Waals surface area contributed by atoms with Crippen LogP contribution in [0.25, 0.3) is 0 Å². The minimum absolute atomic E-state index is 0.0518. The van der Waals surface area contributed by atoms with E-state index >= 15 is 0 Å². The van der Waals surface area contributed by atoms with Gasteiger partial charge in [0.1, 0.15) is 5.75 Å². The number of hydrogen-bond acceptors (Lipinski definition) is 6. The standard InChI is InChI=1S/C26H35N3O4S/c1-4-33-22-9-7-21(8-10-22)29-17-19-15-26(2,3)24(29)18-28(16-19)25(30)20-5-11-23(12-6-20)34(31,32)14-13-27/h5-12,19,24H,4,13-18,27H2,1-3H3/t19-,24?/m1/s1. The maximum absolute atomic E-state index is 13.5. The highest BCUT2D eigenvalue weighted by atomic mass is 32.2. The minimum atomic E-state index is -3.42. The Balaban J connectivity index is 1.56. The summed E-state index contributed by atoms with van der Waals surface area (Å²) < 4.78 is 30.1. The SMILES string of the molecule is CCOc1ccc(N2C[C@H]3CN(C(=O)c4ccc(S(=O)(=O)CCN)cc4)CC2C(C)(C)C3)cc1. The average Bonchev–Trinajstić information content (AvgIpc) is 3.06. The van der Waals surface area contributed by atoms with Crippen LogP contribution in [-0.4, -0.2) is 63.8 Å². The molecule has 0 saturated carbocycles. The predicted molar refractivity (Wildman–Crippen MR) is 134 cm³/mol. The molecule has 3 saturated heterocycles. The Hall–Kier alpha value is -2.58. The van der Waals surface area contributed by atoms with Gasteiger partial charge in [-0.25, -0.2) is 8.42 Å². The monoisotopic (exact) mass is 485 g/mol. The molecule has 2 aromatic rings. The number of ether oxygens (including phenoxy) is 1. The van der Waals surface area contributed by atoms with Gasteiger partial charge in [-0.05, 0) is 73.2 Å². The first kappa shape index (κ1) is 24.5. The van der Waals surface area contributed by atoms with E-state index in [0.29, 0.717) is 31.2 Å². The molecular weight excluding hydrogens is 450 g/mol. The normalized spacial score (nSPS) is 21.9. The Morgan fingerprint density at radius 2 is 1.74 bits per heavy atom. The van der Waals surface area contributed by atoms with Crippen LogP contribution in [0.4, 0.5) is 5.69 Å². The van der Waals surface area contributed by atoms with Crippen LogP contribution >= 0.6 is 0 Å². The molecule has 2 N–H and O–H groups in total. The van der Waals surface area contributed by atoms with Crippen molar-refractivity contribution in [3.63, 3.8) is 0 Å². The predicted octanol–water partition coefficient (Wildman–Crippen LogP) is 3.19. The number of piperidine rings is 1. The molecule has 34 heavy (non-hydrogen) atoms. The average molecular weight is 486 g/mol. The van der Waals surface area contributed by atoms with Crippen LogP contribution in [0.5, 0.6) is 5.75 Å². The lowest BCUT2D eigenvalue weighted by Crippen LogP contribution is -2.54. The highest BCUT2D eigenvalue weighted by Crippen LogP contribution is 2.43. The van der Waals surface area contributed by atoms with Crippen molar-refractivity contribution >= 4 is 21.4 Å². The second-order valence-corrected chi connectivity index (χ2v) is 12.1. The van der Waals surface area contributed by atoms with Crippen molar-refractivity contribution in [3.8, 4) is 5.75 Å². The lowest BCUT2D eigenvalue weighted by atomic mass is 9.73. The van der Waals surface area contributed by atoms with E-state index in [0.717, 1.165) is 24.4 Å². The Bertz CT molecular complexity index is 1110. The van der Waals surface area contributed by atoms with E-state index in [1.165, 1.54) is 12.1 Å². The van der Waals surface area contributed by atoms with Crippen molar-refractivity contribution in [2.24, 2.45) is 17.1 Å². The van der Waals surface area contributed by atoms with Gasteiger partial charge in [0.25, 0.3) is 5.91 Å². The molecule has 1 amide bonds. The van der Waals surface area contributed by atoms with Crippen LogP contribution < -0.4 is 15.4 Å². The molecular formula is C26H35N3O4S. The molecule has 7 nitrogen and oxygen atoms in total. The van der Waals surface area contributed by atoms with Gasteiger partial charge in [0.05, 0.1) is 23.3 Å². The second kappa shape index (κ2) is 9.58. The number of carbonyl (C=O) groups is 1. The van der Waals surface area contributed by atoms with Gasteiger partial charge >= 0.3 is 0 Å². The number of amides is 1. The Morgan fingerprint density at radius 1 is 1.06 bits per heavy atom. The van der Waals surface area contributed by atoms with Crippen LogP contribution in [0.1, 0.15) is 37.6 Å². The van der Waals surface area contributed by atoms with Gasteiger partial charge < -0.3 is 20.3 Å². The summed E-state index contributed by atoms with van der Waals surface area (Å²) in [6, 6.07) is 14.7. The Morgan fingerprint density at radius 3 is 2.35 bits per heavy atom. The van der Waals surface area contributed by atoms with Crippen molar-refractivity contribution in [1.29, 1.82) is 0 Å². The summed E-state index contributed by atoms with van der Waals surface area (Å²) in [5.74, 6) is 1.06. The number of carbonyl (C=O) groups excluding carboxylic acids is 1. The first-order valence-corrected chi connectivity index (χ1v) is 13.6. The largest absolute Gasteiger partial charge is 0.494 e. The molecule has 5 rings (SSSR count). The van der Waals surface area contributed by atoms with Crippen molar-refractivity contribution in [2.45, 2.75) is 38.1 Å². The zero-order valence-electron chi connectivity index (χ0n) is 20.2. The highest BCUT2D eigenvalue weighted by Gasteiger charge is 2.46. The van der Waals surface area contributed by atoms with Gasteiger partial charge in [-0.1, -0.05) is 13.8 Å². The van der Waals surface area contributed by atoms with E-state index in [2.05, 4.69) is 30.9 Å². The molecule has 2 aromatic carbocycles. The molecule has 3 aliphatic rings. The van der Waals surface area contributed by atoms with Gasteiger partial charge in [-0.15, -0.1) is 0 Å². The number of hydrogen-bond donors (Lipinski definition) is 1. The number of anilines is 1. The molecule has 1 unspecified atom stereocenters. The molecule has 0 aliphatic carbocycles. The number of rotatable bonds is 7. The third-order valence-electron chi connectivity index (χ3n) is 7.03. The number of benzene rings is 2. The van der Waals surface area contributed by atoms with Crippen molar-refractivity contribution in [1.82, 2.24) is 4.90 Å². The van der Waals surface area contributed by atoms with Crippen molar-refractivity contribution in [2.75, 3.05) is 43.4 Å². The summed E-state index contributed by atoms with van der Waals surface area (Å²) in [5, 5.41) is 0.